The van der Waals surface area contributed by atoms with Crippen molar-refractivity contribution in [3.05, 3.63) is 60.1 Å². The Labute approximate surface area is 123 Å². The number of nitrogens with zero attached hydrogens (tertiary/aromatic N) is 1. The summed E-state index contributed by atoms with van der Waals surface area (Å²) >= 11 is 0. The number of fused-ring (bicyclic) bond motifs is 1. The molecule has 4 heteroatoms. The minimum absolute atomic E-state index is 0.121. The molecule has 0 aliphatic heterocycles. The third kappa shape index (κ3) is 2.90. The number of methoxy groups -OCH3 is 1. The van der Waals surface area contributed by atoms with Crippen LogP contribution in [0.25, 0.3) is 11.0 Å². The molecule has 3 rings (SSSR count). The van der Waals surface area contributed by atoms with Gasteiger partial charge in [0.25, 0.3) is 0 Å². The first kappa shape index (κ1) is 13.6. The Bertz CT molecular complexity index is 722. The normalized spacial score (nSPS) is 12.5. The third-order valence-corrected chi connectivity index (χ3v) is 3.54. The molecule has 0 aliphatic rings. The summed E-state index contributed by atoms with van der Waals surface area (Å²) in [7, 11) is 1.65. The summed E-state index contributed by atoms with van der Waals surface area (Å²) in [6.07, 6.45) is 3.60. The Kier molecular flexibility index (Phi) is 3.88. The second kappa shape index (κ2) is 5.97. The van der Waals surface area contributed by atoms with Crippen LogP contribution in [0.5, 0.6) is 5.75 Å². The van der Waals surface area contributed by atoms with E-state index in [1.807, 2.05) is 30.3 Å². The summed E-state index contributed by atoms with van der Waals surface area (Å²) in [4.78, 5) is 4.02. The van der Waals surface area contributed by atoms with Crippen LogP contribution in [0.15, 0.2) is 53.2 Å². The zero-order valence-corrected chi connectivity index (χ0v) is 12.2. The van der Waals surface area contributed by atoms with Gasteiger partial charge in [0, 0.05) is 24.3 Å². The maximum atomic E-state index is 5.94. The molecule has 21 heavy (non-hydrogen) atoms. The Morgan fingerprint density at radius 2 is 2.05 bits per heavy atom. The molecule has 0 fully saturated rings. The number of furan rings is 1. The highest BCUT2D eigenvalue weighted by Crippen LogP contribution is 2.30. The van der Waals surface area contributed by atoms with E-state index in [0.29, 0.717) is 0 Å². The standard InChI is InChI=1S/C17H18N2O2/c1-12(19-11-13-6-8-18-9-7-13)16-10-14-4-3-5-15(20-2)17(14)21-16/h3-10,12,19H,11H2,1-2H3/t12-/m0/s1. The Morgan fingerprint density at radius 1 is 1.24 bits per heavy atom. The molecule has 2 heterocycles. The van der Waals surface area contributed by atoms with Gasteiger partial charge in [0.1, 0.15) is 5.76 Å². The van der Waals surface area contributed by atoms with Crippen LogP contribution in [0, 0.1) is 0 Å². The number of rotatable bonds is 5. The van der Waals surface area contributed by atoms with Crippen LogP contribution in [0.1, 0.15) is 24.3 Å². The molecule has 1 aromatic carbocycles. The number of ether oxygens (including phenoxy) is 1. The van der Waals surface area contributed by atoms with Crippen molar-refractivity contribution in [3.63, 3.8) is 0 Å². The zero-order valence-electron chi connectivity index (χ0n) is 12.2. The summed E-state index contributed by atoms with van der Waals surface area (Å²) < 4.78 is 11.3. The Balaban J connectivity index is 1.77. The van der Waals surface area contributed by atoms with Gasteiger partial charge in [0.15, 0.2) is 11.3 Å². The Hall–Kier alpha value is -2.33. The van der Waals surface area contributed by atoms with Gasteiger partial charge in [-0.1, -0.05) is 12.1 Å². The van der Waals surface area contributed by atoms with Crippen molar-refractivity contribution in [3.8, 4) is 5.75 Å². The summed E-state index contributed by atoms with van der Waals surface area (Å²) in [6.45, 7) is 2.86. The number of pyridine rings is 1. The third-order valence-electron chi connectivity index (χ3n) is 3.54. The maximum absolute atomic E-state index is 5.94. The van der Waals surface area contributed by atoms with Gasteiger partial charge in [-0.3, -0.25) is 4.98 Å². The molecule has 3 aromatic rings. The molecule has 2 aromatic heterocycles. The molecule has 108 valence electrons. The zero-order chi connectivity index (χ0) is 14.7. The monoisotopic (exact) mass is 282 g/mol. The number of hydrogen-bond acceptors (Lipinski definition) is 4. The highest BCUT2D eigenvalue weighted by molar-refractivity contribution is 5.83. The highest BCUT2D eigenvalue weighted by Gasteiger charge is 2.13. The fourth-order valence-corrected chi connectivity index (χ4v) is 2.30. The minimum Gasteiger partial charge on any atom is -0.493 e. The van der Waals surface area contributed by atoms with Crippen LogP contribution in [-0.2, 0) is 6.54 Å². The van der Waals surface area contributed by atoms with Gasteiger partial charge in [0.05, 0.1) is 13.2 Å². The largest absolute Gasteiger partial charge is 0.493 e. The maximum Gasteiger partial charge on any atom is 0.176 e. The van der Waals surface area contributed by atoms with E-state index in [9.17, 15) is 0 Å². The summed E-state index contributed by atoms with van der Waals surface area (Å²) in [6, 6.07) is 12.1. The van der Waals surface area contributed by atoms with Gasteiger partial charge in [-0.25, -0.2) is 0 Å². The average Bonchev–Trinajstić information content (AvgIpc) is 2.97. The first-order valence-electron chi connectivity index (χ1n) is 6.96. The molecule has 0 amide bonds. The first-order valence-corrected chi connectivity index (χ1v) is 6.96. The molecular formula is C17H18N2O2. The van der Waals surface area contributed by atoms with Gasteiger partial charge in [-0.15, -0.1) is 0 Å². The van der Waals surface area contributed by atoms with E-state index in [4.69, 9.17) is 9.15 Å². The number of hydrogen-bond donors (Lipinski definition) is 1. The molecule has 0 spiro atoms. The van der Waals surface area contributed by atoms with Gasteiger partial charge in [-0.05, 0) is 36.8 Å². The number of para-hydroxylation sites is 1. The van der Waals surface area contributed by atoms with E-state index in [-0.39, 0.29) is 6.04 Å². The molecule has 0 saturated carbocycles. The molecular weight excluding hydrogens is 264 g/mol. The first-order chi connectivity index (χ1) is 10.3. The molecule has 0 radical (unpaired) electrons. The molecule has 0 saturated heterocycles. The minimum atomic E-state index is 0.121. The molecule has 1 N–H and O–H groups in total. The van der Waals surface area contributed by atoms with Crippen molar-refractivity contribution in [2.45, 2.75) is 19.5 Å². The van der Waals surface area contributed by atoms with Gasteiger partial charge in [0.2, 0.25) is 0 Å². The average molecular weight is 282 g/mol. The topological polar surface area (TPSA) is 47.3 Å². The van der Waals surface area contributed by atoms with Gasteiger partial charge >= 0.3 is 0 Å². The predicted octanol–water partition coefficient (Wildman–Crippen LogP) is 3.69. The second-order valence-electron chi connectivity index (χ2n) is 4.99. The fraction of sp³-hybridized carbons (Fsp3) is 0.235. The van der Waals surface area contributed by atoms with Crippen molar-refractivity contribution in [2.24, 2.45) is 0 Å². The Morgan fingerprint density at radius 3 is 2.81 bits per heavy atom. The van der Waals surface area contributed by atoms with Crippen LogP contribution in [0.3, 0.4) is 0 Å². The lowest BCUT2D eigenvalue weighted by Crippen LogP contribution is -2.17. The van der Waals surface area contributed by atoms with Crippen LogP contribution >= 0.6 is 0 Å². The van der Waals surface area contributed by atoms with Crippen molar-refractivity contribution >= 4 is 11.0 Å². The fourth-order valence-electron chi connectivity index (χ4n) is 2.30. The van der Waals surface area contributed by atoms with Crippen LogP contribution in [0.4, 0.5) is 0 Å². The van der Waals surface area contributed by atoms with Crippen LogP contribution < -0.4 is 10.1 Å². The van der Waals surface area contributed by atoms with Crippen LogP contribution in [0.2, 0.25) is 0 Å². The number of benzene rings is 1. The molecule has 1 atom stereocenters. The van der Waals surface area contributed by atoms with E-state index in [2.05, 4.69) is 23.3 Å². The summed E-state index contributed by atoms with van der Waals surface area (Å²) in [5, 5.41) is 4.51. The predicted molar refractivity (Wildman–Crippen MR) is 82.3 cm³/mol. The quantitative estimate of drug-likeness (QED) is 0.775. The summed E-state index contributed by atoms with van der Waals surface area (Å²) in [5.74, 6) is 1.67. The van der Waals surface area contributed by atoms with E-state index in [0.717, 1.165) is 29.0 Å². The van der Waals surface area contributed by atoms with Crippen molar-refractivity contribution < 1.29 is 9.15 Å². The van der Waals surface area contributed by atoms with E-state index < -0.39 is 0 Å². The highest BCUT2D eigenvalue weighted by atomic mass is 16.5. The number of nitrogens with one attached hydrogen (secondary N) is 1. The van der Waals surface area contributed by atoms with Crippen LogP contribution in [-0.4, -0.2) is 12.1 Å². The van der Waals surface area contributed by atoms with Crippen molar-refractivity contribution in [2.75, 3.05) is 7.11 Å². The lowest BCUT2D eigenvalue weighted by molar-refractivity contribution is 0.399. The molecule has 0 bridgehead atoms. The summed E-state index contributed by atoms with van der Waals surface area (Å²) in [5.41, 5.74) is 2.00. The molecule has 0 unspecified atom stereocenters. The number of aromatic nitrogens is 1. The van der Waals surface area contributed by atoms with Crippen molar-refractivity contribution in [1.82, 2.24) is 10.3 Å². The van der Waals surface area contributed by atoms with Gasteiger partial charge < -0.3 is 14.5 Å². The van der Waals surface area contributed by atoms with E-state index in [1.165, 1.54) is 5.56 Å². The van der Waals surface area contributed by atoms with Gasteiger partial charge in [-0.2, -0.15) is 0 Å². The lowest BCUT2D eigenvalue weighted by Gasteiger charge is -2.11. The molecule has 4 nitrogen and oxygen atoms in total. The van der Waals surface area contributed by atoms with Crippen molar-refractivity contribution in [1.29, 1.82) is 0 Å². The smallest absolute Gasteiger partial charge is 0.176 e. The SMILES string of the molecule is COc1cccc2cc([C@H](C)NCc3ccncc3)oc12. The lowest BCUT2D eigenvalue weighted by atomic mass is 10.2. The van der Waals surface area contributed by atoms with E-state index >= 15 is 0 Å². The second-order valence-corrected chi connectivity index (χ2v) is 4.99. The van der Waals surface area contributed by atoms with E-state index in [1.54, 1.807) is 19.5 Å². The molecule has 0 aliphatic carbocycles.